The lowest BCUT2D eigenvalue weighted by Gasteiger charge is -2.35. The third-order valence-electron chi connectivity index (χ3n) is 13.7. The first-order valence-corrected chi connectivity index (χ1v) is 31.0. The van der Waals surface area contributed by atoms with Crippen molar-refractivity contribution in [2.45, 2.75) is 91.0 Å². The maximum Gasteiger partial charge on any atom is 0.345 e. The number of aryl methyl sites for hydroxylation is 3. The monoisotopic (exact) mass is 1150 g/mol. The van der Waals surface area contributed by atoms with Gasteiger partial charge >= 0.3 is 11.9 Å². The third-order valence-corrected chi connectivity index (χ3v) is 17.1. The molecule has 0 saturated carbocycles. The Morgan fingerprint density at radius 1 is 0.641 bits per heavy atom. The van der Waals surface area contributed by atoms with Gasteiger partial charge in [-0.2, -0.15) is 4.57 Å². The largest absolute Gasteiger partial charge is 0.748 e. The molecule has 0 aliphatic carbocycles. The van der Waals surface area contributed by atoms with E-state index < -0.39 is 65.3 Å². The summed E-state index contributed by atoms with van der Waals surface area (Å²) in [6.07, 6.45) is 1.86. The molecule has 1 saturated heterocycles. The van der Waals surface area contributed by atoms with Crippen LogP contribution in [0, 0.1) is 13.8 Å². The number of ether oxygens (including phenoxy) is 1. The number of imide groups is 1. The molecular weight excluding hydrogens is 1070 g/mol. The second-order valence-corrected chi connectivity index (χ2v) is 26.2. The number of esters is 1. The molecule has 0 spiro atoms. The molecule has 2 N–H and O–H groups in total. The number of pyridine rings is 1. The van der Waals surface area contributed by atoms with Gasteiger partial charge in [-0.3, -0.25) is 19.2 Å². The van der Waals surface area contributed by atoms with Gasteiger partial charge in [0, 0.05) is 106 Å². The number of nitrogens with zero attached hydrogens (tertiary/aromatic N) is 4. The average molecular weight is 1150 g/mol. The van der Waals surface area contributed by atoms with E-state index in [0.29, 0.717) is 123 Å². The highest BCUT2D eigenvalue weighted by Gasteiger charge is 2.33. The van der Waals surface area contributed by atoms with Crippen molar-refractivity contribution < 1.29 is 86.2 Å². The summed E-state index contributed by atoms with van der Waals surface area (Å²) in [5, 5.41) is 7.37. The van der Waals surface area contributed by atoms with Gasteiger partial charge in [-0.1, -0.05) is 24.3 Å². The first kappa shape index (κ1) is 62.9. The first-order valence-electron chi connectivity index (χ1n) is 26.1. The number of quaternary nitrogens is 2. The summed E-state index contributed by atoms with van der Waals surface area (Å²) >= 11 is 0. The summed E-state index contributed by atoms with van der Waals surface area (Å²) in [7, 11) is -6.57. The van der Waals surface area contributed by atoms with Gasteiger partial charge in [-0.25, -0.2) is 34.8 Å². The number of amides is 4. The van der Waals surface area contributed by atoms with E-state index in [-0.39, 0.29) is 87.1 Å². The molecule has 22 nitrogen and oxygen atoms in total. The topological polar surface area (TPSA) is 301 Å². The van der Waals surface area contributed by atoms with E-state index in [9.17, 15) is 63.1 Å². The van der Waals surface area contributed by atoms with Crippen molar-refractivity contribution in [3.8, 4) is 5.75 Å². The summed E-state index contributed by atoms with van der Waals surface area (Å²) in [6, 6.07) is 17.9. The maximum absolute atomic E-state index is 14.4. The molecule has 1 aliphatic heterocycles. The van der Waals surface area contributed by atoms with Crippen LogP contribution in [0.5, 0.6) is 5.75 Å². The number of carbonyl (C=O) groups is 6. The zero-order valence-electron chi connectivity index (χ0n) is 45.1. The number of hydrogen-bond donors (Lipinski definition) is 2. The van der Waals surface area contributed by atoms with E-state index in [0.717, 1.165) is 0 Å². The molecule has 2 heterocycles. The number of rotatable bonds is 32. The minimum Gasteiger partial charge on any atom is -0.748 e. The normalized spacial score (nSPS) is 14.2. The predicted octanol–water partition coefficient (Wildman–Crippen LogP) is 3.11. The lowest BCUT2D eigenvalue weighted by molar-refractivity contribution is -0.909. The smallest absolute Gasteiger partial charge is 0.345 e. The van der Waals surface area contributed by atoms with Crippen LogP contribution in [0.1, 0.15) is 102 Å². The van der Waals surface area contributed by atoms with Gasteiger partial charge in [0.15, 0.2) is 16.4 Å². The van der Waals surface area contributed by atoms with E-state index in [1.807, 2.05) is 62.1 Å². The maximum atomic E-state index is 14.4. The standard InChI is InChI=1S/C53H72N6O16S3/c1-39-37-41(52(64)55-26-12-31-59(5,32-16-36-78(71,72)73)30-11-25-54-46(60)21-10-22-49(63)75-57-47(61)23-24-48(57)62)38-40(2)51(39)74-53(65)50-42-17-6-8-19-44(42)56(45-20-9-7-18-43(45)50)27-13-33-76(66,67)34-14-28-58(3,4)29-15-35-77(68,69)70/h6-9,17-20,37-38H,10-16,21-36H2,1-5H3,(H-3,54,55,60,64,68,69,70,71,72,73)/p+1. The number of nitrogens with one attached hydrogen (secondary N) is 2. The van der Waals surface area contributed by atoms with Crippen LogP contribution in [0.25, 0.3) is 21.8 Å². The van der Waals surface area contributed by atoms with Gasteiger partial charge in [0.05, 0.1) is 102 Å². The van der Waals surface area contributed by atoms with Gasteiger partial charge < -0.3 is 38.3 Å². The number of para-hydroxylation sites is 2. The Labute approximate surface area is 457 Å². The molecule has 25 heteroatoms. The molecule has 428 valence electrons. The Kier molecular flexibility index (Phi) is 22.4. The number of carbonyl (C=O) groups excluding carboxylic acids is 6. The van der Waals surface area contributed by atoms with Gasteiger partial charge in [0.1, 0.15) is 5.75 Å². The molecule has 1 fully saturated rings. The van der Waals surface area contributed by atoms with Gasteiger partial charge in [0.2, 0.25) is 16.9 Å². The van der Waals surface area contributed by atoms with E-state index in [2.05, 4.69) is 10.6 Å². The number of fused-ring (bicyclic) bond motifs is 2. The number of hydrogen-bond acceptors (Lipinski definition) is 16. The van der Waals surface area contributed by atoms with Crippen molar-refractivity contribution in [2.75, 3.05) is 90.0 Å². The van der Waals surface area contributed by atoms with E-state index in [1.54, 1.807) is 38.1 Å². The highest BCUT2D eigenvalue weighted by molar-refractivity contribution is 7.91. The average Bonchev–Trinajstić information content (AvgIpc) is 3.67. The van der Waals surface area contributed by atoms with Crippen molar-refractivity contribution >= 4 is 87.4 Å². The van der Waals surface area contributed by atoms with Gasteiger partial charge in [-0.15, -0.1) is 5.06 Å². The van der Waals surface area contributed by atoms with Crippen molar-refractivity contribution in [3.63, 3.8) is 0 Å². The Morgan fingerprint density at radius 2 is 1.13 bits per heavy atom. The number of sulfone groups is 1. The second-order valence-electron chi connectivity index (χ2n) is 20.9. The van der Waals surface area contributed by atoms with Gasteiger partial charge in [-0.05, 0) is 55.7 Å². The summed E-state index contributed by atoms with van der Waals surface area (Å²) < 4.78 is 103. The molecular formula is C53H73N6O16S3+. The molecule has 3 aromatic carbocycles. The molecule has 1 atom stereocenters. The number of hydroxylamine groups is 2. The fourth-order valence-corrected chi connectivity index (χ4v) is 12.0. The summed E-state index contributed by atoms with van der Waals surface area (Å²) in [4.78, 5) is 80.6. The van der Waals surface area contributed by atoms with Crippen molar-refractivity contribution in [1.29, 1.82) is 0 Å². The number of benzene rings is 3. The Morgan fingerprint density at radius 3 is 1.68 bits per heavy atom. The molecule has 1 unspecified atom stereocenters. The summed E-state index contributed by atoms with van der Waals surface area (Å²) in [5.41, 5.74) is 3.11. The molecule has 1 aliphatic rings. The SMILES string of the molecule is Cc1cc(C(=O)NCCC[N+](C)(CCCNC(=O)CCCC(=O)ON2C(=O)CCC2=O)CCCS(=O)(=O)[O-])cc(C)c1OC(=O)c1c2ccccc2[n+](CCCS(=O)(=O)CCC[N+](C)(C)CCCS(=O)(=O)[O-])c2ccccc12. The second kappa shape index (κ2) is 27.8. The molecule has 0 bridgehead atoms. The van der Waals surface area contributed by atoms with Crippen LogP contribution < -0.4 is 19.9 Å². The van der Waals surface area contributed by atoms with Crippen LogP contribution >= 0.6 is 0 Å². The zero-order chi connectivity index (χ0) is 57.5. The molecule has 5 rings (SSSR count). The van der Waals surface area contributed by atoms with Gasteiger partial charge in [0.25, 0.3) is 17.7 Å². The quantitative estimate of drug-likeness (QED) is 0.0104. The van der Waals surface area contributed by atoms with Crippen LogP contribution in [0.4, 0.5) is 0 Å². The minimum atomic E-state index is -4.44. The molecule has 4 aromatic rings. The number of aromatic nitrogens is 1. The van der Waals surface area contributed by atoms with Crippen LogP contribution in [0.2, 0.25) is 0 Å². The minimum absolute atomic E-state index is 0.000816. The Hall–Kier alpha value is -5.96. The van der Waals surface area contributed by atoms with Crippen molar-refractivity contribution in [3.05, 3.63) is 82.9 Å². The summed E-state index contributed by atoms with van der Waals surface area (Å²) in [5.74, 6) is -4.14. The van der Waals surface area contributed by atoms with Crippen LogP contribution in [-0.4, -0.2) is 174 Å². The van der Waals surface area contributed by atoms with Crippen LogP contribution in [-0.2, 0) is 60.6 Å². The summed E-state index contributed by atoms with van der Waals surface area (Å²) in [6.45, 7) is 6.61. The molecule has 0 radical (unpaired) electrons. The fourth-order valence-electron chi connectivity index (χ4n) is 9.70. The molecule has 4 amide bonds. The van der Waals surface area contributed by atoms with E-state index >= 15 is 0 Å². The van der Waals surface area contributed by atoms with E-state index in [1.165, 1.54) is 0 Å². The van der Waals surface area contributed by atoms with Crippen LogP contribution in [0.15, 0.2) is 60.7 Å². The fraction of sp³-hybridized carbons (Fsp3) is 0.528. The van der Waals surface area contributed by atoms with Crippen molar-refractivity contribution in [1.82, 2.24) is 15.7 Å². The third kappa shape index (κ3) is 19.7. The predicted molar refractivity (Wildman–Crippen MR) is 287 cm³/mol. The van der Waals surface area contributed by atoms with Crippen molar-refractivity contribution in [2.24, 2.45) is 0 Å². The Bertz CT molecular complexity index is 3110. The van der Waals surface area contributed by atoms with Crippen LogP contribution in [0.3, 0.4) is 0 Å². The zero-order valence-corrected chi connectivity index (χ0v) is 47.5. The molecule has 78 heavy (non-hydrogen) atoms. The lowest BCUT2D eigenvalue weighted by Crippen LogP contribution is -2.48. The molecule has 1 aromatic heterocycles. The lowest BCUT2D eigenvalue weighted by atomic mass is 10.0. The highest BCUT2D eigenvalue weighted by atomic mass is 32.2. The van der Waals surface area contributed by atoms with E-state index in [4.69, 9.17) is 9.57 Å². The first-order chi connectivity index (χ1) is 36.6. The Balaban J connectivity index is 1.15. The highest BCUT2D eigenvalue weighted by Crippen LogP contribution is 2.30.